The van der Waals surface area contributed by atoms with Crippen molar-refractivity contribution < 1.29 is 18.1 Å². The summed E-state index contributed by atoms with van der Waals surface area (Å²) in [6.07, 6.45) is 1.80. The number of rotatable bonds is 6. The summed E-state index contributed by atoms with van der Waals surface area (Å²) < 4.78 is 30.4. The molecule has 1 fully saturated rings. The van der Waals surface area contributed by atoms with Gasteiger partial charge in [0.25, 0.3) is 0 Å². The first-order valence-corrected chi connectivity index (χ1v) is 8.49. The monoisotopic (exact) mass is 341 g/mol. The Kier molecular flexibility index (Phi) is 5.42. The Morgan fingerprint density at radius 1 is 1.59 bits per heavy atom. The van der Waals surface area contributed by atoms with Crippen molar-refractivity contribution in [1.82, 2.24) is 4.90 Å². The van der Waals surface area contributed by atoms with Gasteiger partial charge in [0.1, 0.15) is 16.9 Å². The van der Waals surface area contributed by atoms with E-state index in [9.17, 15) is 13.4 Å². The molecule has 1 saturated heterocycles. The van der Waals surface area contributed by atoms with Crippen molar-refractivity contribution in [1.29, 1.82) is 0 Å². The molecule has 0 spiro atoms. The van der Waals surface area contributed by atoms with E-state index in [1.165, 1.54) is 29.2 Å². The van der Waals surface area contributed by atoms with Gasteiger partial charge < -0.3 is 9.64 Å². The molecule has 1 aliphatic heterocycles. The summed E-state index contributed by atoms with van der Waals surface area (Å²) in [4.78, 5) is 13.3. The van der Waals surface area contributed by atoms with Gasteiger partial charge in [-0.05, 0) is 43.4 Å². The predicted molar refractivity (Wildman–Crippen MR) is 87.5 cm³/mol. The highest BCUT2D eigenvalue weighted by Crippen LogP contribution is 2.27. The molecule has 0 saturated carbocycles. The van der Waals surface area contributed by atoms with Crippen LogP contribution in [0.25, 0.3) is 0 Å². The summed E-state index contributed by atoms with van der Waals surface area (Å²) in [6.45, 7) is 5.27. The van der Waals surface area contributed by atoms with Gasteiger partial charge >= 0.3 is 0 Å². The van der Waals surface area contributed by atoms with Crippen LogP contribution >= 0.6 is 12.2 Å². The molecular weight excluding hydrogens is 325 g/mol. The number of carbonyl (C=O) groups excluding carboxylic acids is 1. The molecule has 0 bridgehead atoms. The van der Waals surface area contributed by atoms with Crippen LogP contribution in [-0.2, 0) is 15.6 Å². The summed E-state index contributed by atoms with van der Waals surface area (Å²) in [5.41, 5.74) is 0. The lowest BCUT2D eigenvalue weighted by molar-refractivity contribution is -0.143. The van der Waals surface area contributed by atoms with E-state index >= 15 is 0 Å². The highest BCUT2D eigenvalue weighted by molar-refractivity contribution is 7.85. The van der Waals surface area contributed by atoms with Crippen LogP contribution in [0.4, 0.5) is 4.39 Å². The van der Waals surface area contributed by atoms with Crippen LogP contribution in [0.2, 0.25) is 0 Å². The number of amides is 1. The van der Waals surface area contributed by atoms with E-state index in [2.05, 4.69) is 6.58 Å². The molecule has 22 heavy (non-hydrogen) atoms. The summed E-state index contributed by atoms with van der Waals surface area (Å²) in [5, 5.41) is -0.185. The third-order valence-electron chi connectivity index (χ3n) is 3.32. The lowest BCUT2D eigenvalue weighted by Crippen LogP contribution is -2.60. The number of likely N-dealkylation sites (tertiary alicyclic amines) is 1. The van der Waals surface area contributed by atoms with E-state index in [4.69, 9.17) is 17.0 Å². The first-order valence-electron chi connectivity index (χ1n) is 6.70. The number of halogens is 1. The van der Waals surface area contributed by atoms with Crippen molar-refractivity contribution in [3.8, 4) is 5.75 Å². The summed E-state index contributed by atoms with van der Waals surface area (Å²) in [7, 11) is -1.19. The van der Waals surface area contributed by atoms with Crippen LogP contribution in [0.1, 0.15) is 13.3 Å². The van der Waals surface area contributed by atoms with Crippen molar-refractivity contribution >= 4 is 34.0 Å². The highest BCUT2D eigenvalue weighted by atomic mass is 32.2. The molecule has 1 aromatic rings. The molecule has 118 valence electrons. The zero-order chi connectivity index (χ0) is 16.3. The average molecular weight is 341 g/mol. The number of nitrogens with zero attached hydrogens (tertiary/aromatic N) is 1. The molecule has 4 nitrogen and oxygen atoms in total. The molecule has 0 N–H and O–H groups in total. The Morgan fingerprint density at radius 2 is 2.23 bits per heavy atom. The van der Waals surface area contributed by atoms with Crippen molar-refractivity contribution in [3.05, 3.63) is 42.7 Å². The topological polar surface area (TPSA) is 46.6 Å². The Labute approximate surface area is 136 Å². The fraction of sp³-hybridized carbons (Fsp3) is 0.333. The predicted octanol–water partition coefficient (Wildman–Crippen LogP) is 2.41. The summed E-state index contributed by atoms with van der Waals surface area (Å²) in [6, 6.07) is 4.96. The van der Waals surface area contributed by atoms with Crippen LogP contribution in [0.5, 0.6) is 5.75 Å². The van der Waals surface area contributed by atoms with Crippen LogP contribution in [0.3, 0.4) is 0 Å². The Bertz CT molecular complexity index is 618. The van der Waals surface area contributed by atoms with E-state index < -0.39 is 16.8 Å². The number of hydrogen-bond donors (Lipinski definition) is 0. The highest BCUT2D eigenvalue weighted by Gasteiger charge is 2.44. The van der Waals surface area contributed by atoms with Crippen LogP contribution in [0, 0.1) is 5.82 Å². The Morgan fingerprint density at radius 3 is 2.77 bits per heavy atom. The minimum absolute atomic E-state index is 0.111. The molecule has 3 atom stereocenters. The molecule has 1 aromatic carbocycles. The molecule has 1 heterocycles. The minimum Gasteiger partial charge on any atom is -0.448 e. The molecule has 7 heteroatoms. The zero-order valence-corrected chi connectivity index (χ0v) is 13.7. The van der Waals surface area contributed by atoms with E-state index in [1.807, 2.05) is 0 Å². The second-order valence-corrected chi connectivity index (χ2v) is 6.89. The number of ether oxygens (including phenoxy) is 1. The zero-order valence-electron chi connectivity index (χ0n) is 12.0. The summed E-state index contributed by atoms with van der Waals surface area (Å²) >= 11 is 5.20. The van der Waals surface area contributed by atoms with Crippen molar-refractivity contribution in [2.75, 3.05) is 5.75 Å². The van der Waals surface area contributed by atoms with E-state index in [-0.39, 0.29) is 28.6 Å². The van der Waals surface area contributed by atoms with Gasteiger partial charge in [-0.15, -0.1) is 6.58 Å². The fourth-order valence-corrected chi connectivity index (χ4v) is 3.68. The summed E-state index contributed by atoms with van der Waals surface area (Å²) in [5.74, 6) is 0.242. The van der Waals surface area contributed by atoms with Crippen LogP contribution in [-0.4, -0.2) is 37.2 Å². The van der Waals surface area contributed by atoms with Gasteiger partial charge in [-0.2, -0.15) is 0 Å². The van der Waals surface area contributed by atoms with Gasteiger partial charge in [-0.3, -0.25) is 9.00 Å². The number of carbonyl (C=O) groups is 1. The third-order valence-corrected chi connectivity index (χ3v) is 5.31. The quantitative estimate of drug-likeness (QED) is 0.453. The maximum Gasteiger partial charge on any atom is 0.227 e. The lowest BCUT2D eigenvalue weighted by atomic mass is 10.1. The molecule has 1 aliphatic rings. The Hall–Kier alpha value is -1.60. The number of benzene rings is 1. The van der Waals surface area contributed by atoms with Gasteiger partial charge in [0, 0.05) is 16.6 Å². The van der Waals surface area contributed by atoms with Gasteiger partial charge in [-0.1, -0.05) is 6.08 Å². The molecule has 1 amide bonds. The molecule has 0 radical (unpaired) electrons. The first kappa shape index (κ1) is 16.8. The second kappa shape index (κ2) is 7.11. The lowest BCUT2D eigenvalue weighted by Gasteiger charge is -2.43. The van der Waals surface area contributed by atoms with E-state index in [0.717, 1.165) is 0 Å². The first-order chi connectivity index (χ1) is 10.4. The Balaban J connectivity index is 2.02. The average Bonchev–Trinajstić information content (AvgIpc) is 2.47. The largest absolute Gasteiger partial charge is 0.448 e. The van der Waals surface area contributed by atoms with Crippen molar-refractivity contribution in [2.45, 2.75) is 24.8 Å². The minimum atomic E-state index is -1.19. The number of hydrogen-bond acceptors (Lipinski definition) is 4. The maximum absolute atomic E-state index is 12.9. The fourth-order valence-electron chi connectivity index (χ4n) is 2.13. The van der Waals surface area contributed by atoms with Gasteiger partial charge in [-0.25, -0.2) is 4.39 Å². The maximum atomic E-state index is 12.9. The third kappa shape index (κ3) is 3.59. The van der Waals surface area contributed by atoms with Crippen molar-refractivity contribution in [2.24, 2.45) is 0 Å². The molecule has 0 aliphatic carbocycles. The molecule has 2 rings (SSSR count). The van der Waals surface area contributed by atoms with Gasteiger partial charge in [0.05, 0.1) is 12.5 Å². The normalized spacial score (nSPS) is 20.0. The van der Waals surface area contributed by atoms with Crippen LogP contribution in [0.15, 0.2) is 36.9 Å². The standard InChI is InChI=1S/C15H16FNO3S2/c1-3-8-22(19)14-9-13(18)17(14)10(2)15(21)20-12-6-4-11(16)5-7-12/h3-7,10,14H,1,8-9H2,2H3. The van der Waals surface area contributed by atoms with E-state index in [1.54, 1.807) is 13.0 Å². The van der Waals surface area contributed by atoms with Gasteiger partial charge in [0.15, 0.2) is 5.05 Å². The second-order valence-electron chi connectivity index (χ2n) is 4.85. The van der Waals surface area contributed by atoms with Gasteiger partial charge in [0.2, 0.25) is 5.91 Å². The van der Waals surface area contributed by atoms with Crippen molar-refractivity contribution in [3.63, 3.8) is 0 Å². The SMILES string of the molecule is C=CCS(=O)C1CC(=O)N1C(C)C(=S)Oc1ccc(F)cc1. The molecule has 0 aromatic heterocycles. The number of thiocarbonyl (C=S) groups is 1. The molecule has 3 unspecified atom stereocenters. The molecular formula is C15H16FNO3S2. The van der Waals surface area contributed by atoms with Crippen LogP contribution < -0.4 is 4.74 Å². The smallest absolute Gasteiger partial charge is 0.227 e. The number of β-lactam (4-membered cyclic amide) rings is 1. The van der Waals surface area contributed by atoms with E-state index in [0.29, 0.717) is 11.5 Å².